The van der Waals surface area contributed by atoms with E-state index in [9.17, 15) is 44.7 Å². The molecule has 4 aromatic rings. The zero-order valence-corrected chi connectivity index (χ0v) is 28.3. The van der Waals surface area contributed by atoms with Crippen molar-refractivity contribution >= 4 is 26.6 Å². The van der Waals surface area contributed by atoms with Gasteiger partial charge in [0.25, 0.3) is 5.91 Å². The molecule has 2 N–H and O–H groups in total. The third-order valence-electron chi connectivity index (χ3n) is 9.56. The number of alkyl halides is 6. The van der Waals surface area contributed by atoms with Gasteiger partial charge in [0.05, 0.1) is 33.3 Å². The molecule has 272 valence electrons. The first-order valence-electron chi connectivity index (χ1n) is 16.4. The van der Waals surface area contributed by atoms with Gasteiger partial charge >= 0.3 is 12.4 Å². The number of likely N-dealkylation sites (tertiary alicyclic amines) is 2. The predicted molar refractivity (Wildman–Crippen MR) is 178 cm³/mol. The van der Waals surface area contributed by atoms with E-state index in [1.165, 1.54) is 60.7 Å². The second kappa shape index (κ2) is 14.2. The molecular weight excluding hydrogens is 698 g/mol. The molecule has 3 heterocycles. The first-order valence-corrected chi connectivity index (χ1v) is 18.3. The molecule has 0 bridgehead atoms. The van der Waals surface area contributed by atoms with Gasteiger partial charge in [-0.15, -0.1) is 0 Å². The fourth-order valence-corrected chi connectivity index (χ4v) is 7.62. The Hall–Kier alpha value is -4.05. The Bertz CT molecular complexity index is 2020. The van der Waals surface area contributed by atoms with Crippen LogP contribution in [0.15, 0.2) is 77.7 Å². The van der Waals surface area contributed by atoms with Gasteiger partial charge < -0.3 is 10.4 Å². The van der Waals surface area contributed by atoms with E-state index in [0.29, 0.717) is 38.9 Å². The molecule has 2 atom stereocenters. The van der Waals surface area contributed by atoms with Crippen molar-refractivity contribution in [3.05, 3.63) is 95.1 Å². The molecule has 2 aliphatic rings. The van der Waals surface area contributed by atoms with Gasteiger partial charge in [0, 0.05) is 48.4 Å². The van der Waals surface area contributed by atoms with Crippen LogP contribution in [0.5, 0.6) is 0 Å². The largest absolute Gasteiger partial charge is 0.416 e. The average Bonchev–Trinajstić information content (AvgIpc) is 3.52. The number of benzene rings is 3. The smallest absolute Gasteiger partial charge is 0.392 e. The molecule has 0 radical (unpaired) electrons. The molecule has 2 saturated heterocycles. The summed E-state index contributed by atoms with van der Waals surface area (Å²) < 4.78 is 111. The summed E-state index contributed by atoms with van der Waals surface area (Å²) in [6.07, 6.45) is -7.11. The van der Waals surface area contributed by atoms with E-state index < -0.39 is 45.8 Å². The summed E-state index contributed by atoms with van der Waals surface area (Å²) >= 11 is 0. The lowest BCUT2D eigenvalue weighted by Crippen LogP contribution is -2.44. The SMILES string of the molecule is CS(=O)(=O)c1ccc2nc(-c3cccc(C(F)(F)F)c3)c(CN3CCC(N4CC[C@H](O)C4)CC3)c(C(=O)NC(c3ccccc3)C(F)(F)F)c2c1. The number of fused-ring (bicyclic) bond motifs is 1. The van der Waals surface area contributed by atoms with Gasteiger partial charge in [-0.25, -0.2) is 13.4 Å². The maximum absolute atomic E-state index is 14.5. The fraction of sp³-hybridized carbons (Fsp3) is 0.389. The average molecular weight is 735 g/mol. The van der Waals surface area contributed by atoms with Crippen LogP contribution in [-0.2, 0) is 22.6 Å². The second-order valence-electron chi connectivity index (χ2n) is 13.1. The maximum Gasteiger partial charge on any atom is 0.416 e. The van der Waals surface area contributed by atoms with Crippen LogP contribution in [0, 0.1) is 0 Å². The van der Waals surface area contributed by atoms with Crippen LogP contribution < -0.4 is 5.32 Å². The van der Waals surface area contributed by atoms with E-state index in [2.05, 4.69) is 15.2 Å². The molecule has 15 heteroatoms. The number of carbonyl (C=O) groups excluding carboxylic acids is 1. The Labute approximate surface area is 291 Å². The molecule has 8 nitrogen and oxygen atoms in total. The number of halogens is 6. The molecule has 3 aromatic carbocycles. The Balaban J connectivity index is 1.52. The number of amides is 1. The molecule has 2 fully saturated rings. The van der Waals surface area contributed by atoms with E-state index >= 15 is 0 Å². The van der Waals surface area contributed by atoms with Gasteiger partial charge in [0.2, 0.25) is 0 Å². The van der Waals surface area contributed by atoms with Crippen LogP contribution >= 0.6 is 0 Å². The molecule has 0 aliphatic carbocycles. The highest BCUT2D eigenvalue weighted by atomic mass is 32.2. The first kappa shape index (κ1) is 36.7. The lowest BCUT2D eigenvalue weighted by atomic mass is 9.93. The summed E-state index contributed by atoms with van der Waals surface area (Å²) in [5, 5.41) is 12.1. The normalized spacial score (nSPS) is 19.0. The molecular formula is C36H36F6N4O4S. The Kier molecular flexibility index (Phi) is 10.2. The van der Waals surface area contributed by atoms with E-state index in [1.807, 2.05) is 4.90 Å². The predicted octanol–water partition coefficient (Wildman–Crippen LogP) is 6.39. The number of nitrogens with one attached hydrogen (secondary N) is 1. The van der Waals surface area contributed by atoms with Gasteiger partial charge in [0.15, 0.2) is 15.9 Å². The second-order valence-corrected chi connectivity index (χ2v) is 15.2. The number of aliphatic hydroxyl groups excluding tert-OH is 1. The van der Waals surface area contributed by atoms with Gasteiger partial charge in [-0.05, 0) is 68.2 Å². The topological polar surface area (TPSA) is 103 Å². The van der Waals surface area contributed by atoms with Crippen LogP contribution in [0.2, 0.25) is 0 Å². The number of hydrogen-bond donors (Lipinski definition) is 2. The summed E-state index contributed by atoms with van der Waals surface area (Å²) in [6.45, 7) is 2.19. The number of aromatic nitrogens is 1. The Morgan fingerprint density at radius 2 is 1.65 bits per heavy atom. The summed E-state index contributed by atoms with van der Waals surface area (Å²) in [5.74, 6) is -1.19. The lowest BCUT2D eigenvalue weighted by Gasteiger charge is -2.37. The highest BCUT2D eigenvalue weighted by Gasteiger charge is 2.43. The Morgan fingerprint density at radius 3 is 2.25 bits per heavy atom. The van der Waals surface area contributed by atoms with Crippen molar-refractivity contribution < 1.29 is 44.7 Å². The van der Waals surface area contributed by atoms with Crippen LogP contribution in [-0.4, -0.2) is 85.0 Å². The van der Waals surface area contributed by atoms with Crippen molar-refractivity contribution in [2.45, 2.75) is 61.2 Å². The third-order valence-corrected chi connectivity index (χ3v) is 10.7. The van der Waals surface area contributed by atoms with Crippen molar-refractivity contribution in [1.29, 1.82) is 0 Å². The summed E-state index contributed by atoms with van der Waals surface area (Å²) in [6, 6.07) is 12.5. The van der Waals surface area contributed by atoms with E-state index in [-0.39, 0.29) is 56.3 Å². The van der Waals surface area contributed by atoms with E-state index in [4.69, 9.17) is 0 Å². The third kappa shape index (κ3) is 8.21. The van der Waals surface area contributed by atoms with Gasteiger partial charge in [0.1, 0.15) is 0 Å². The van der Waals surface area contributed by atoms with Gasteiger partial charge in [-0.3, -0.25) is 14.6 Å². The van der Waals surface area contributed by atoms with E-state index in [0.717, 1.165) is 24.9 Å². The summed E-state index contributed by atoms with van der Waals surface area (Å²) in [4.78, 5) is 23.0. The molecule has 1 amide bonds. The monoisotopic (exact) mass is 734 g/mol. The van der Waals surface area contributed by atoms with Crippen LogP contribution in [0.4, 0.5) is 26.3 Å². The molecule has 51 heavy (non-hydrogen) atoms. The fourth-order valence-electron chi connectivity index (χ4n) is 6.98. The van der Waals surface area contributed by atoms with Gasteiger partial charge in [-0.1, -0.05) is 42.5 Å². The minimum absolute atomic E-state index is 0.0123. The highest BCUT2D eigenvalue weighted by Crippen LogP contribution is 2.38. The van der Waals surface area contributed by atoms with Crippen LogP contribution in [0.1, 0.15) is 52.4 Å². The zero-order chi connectivity index (χ0) is 36.7. The maximum atomic E-state index is 14.5. The van der Waals surface area contributed by atoms with Crippen molar-refractivity contribution in [1.82, 2.24) is 20.1 Å². The van der Waals surface area contributed by atoms with E-state index in [1.54, 1.807) is 0 Å². The lowest BCUT2D eigenvalue weighted by molar-refractivity contribution is -0.155. The molecule has 0 saturated carbocycles. The van der Waals surface area contributed by atoms with Crippen molar-refractivity contribution in [3.8, 4) is 11.3 Å². The number of piperidine rings is 1. The minimum Gasteiger partial charge on any atom is -0.392 e. The summed E-state index contributed by atoms with van der Waals surface area (Å²) in [7, 11) is -3.87. The molecule has 2 aliphatic heterocycles. The standard InChI is InChI=1S/C36H36F6N4O4S/c1-51(49,50)27-10-11-30-28(19-27)31(34(48)44-33(36(40,41)42)22-6-3-2-4-7-22)29(32(43-30)23-8-5-9-24(18-23)35(37,38)39)21-45-15-12-25(13-16-45)46-17-14-26(47)20-46/h2-11,18-19,25-26,33,47H,12-17,20-21H2,1H3,(H,44,48)/t26-,33?/m0/s1. The number of sulfone groups is 1. The van der Waals surface area contributed by atoms with Crippen molar-refractivity contribution in [2.24, 2.45) is 0 Å². The zero-order valence-electron chi connectivity index (χ0n) is 27.5. The Morgan fingerprint density at radius 1 is 0.941 bits per heavy atom. The minimum atomic E-state index is -4.94. The first-order chi connectivity index (χ1) is 24.0. The quantitative estimate of drug-likeness (QED) is 0.203. The number of aliphatic hydroxyl groups is 1. The van der Waals surface area contributed by atoms with Crippen LogP contribution in [0.25, 0.3) is 22.2 Å². The number of carbonyl (C=O) groups is 1. The van der Waals surface area contributed by atoms with Crippen molar-refractivity contribution in [3.63, 3.8) is 0 Å². The molecule has 1 aromatic heterocycles. The van der Waals surface area contributed by atoms with Crippen molar-refractivity contribution in [2.75, 3.05) is 32.4 Å². The molecule has 0 spiro atoms. The highest BCUT2D eigenvalue weighted by molar-refractivity contribution is 7.90. The number of pyridine rings is 1. The summed E-state index contributed by atoms with van der Waals surface area (Å²) in [5.41, 5.74) is -1.53. The van der Waals surface area contributed by atoms with Crippen LogP contribution in [0.3, 0.4) is 0 Å². The molecule has 6 rings (SSSR count). The van der Waals surface area contributed by atoms with Gasteiger partial charge in [-0.2, -0.15) is 26.3 Å². The number of rotatable bonds is 8. The number of nitrogens with zero attached hydrogens (tertiary/aromatic N) is 3. The molecule has 1 unspecified atom stereocenters. The number of β-amino-alcohol motifs (C(OH)–C–C–N with tert-alkyl or cyclic N) is 1. The number of hydrogen-bond acceptors (Lipinski definition) is 7.